The second-order valence-electron chi connectivity index (χ2n) is 5.33. The fourth-order valence-electron chi connectivity index (χ4n) is 2.21. The van der Waals surface area contributed by atoms with E-state index in [-0.39, 0.29) is 23.8 Å². The number of nitrogens with two attached hydrogens (primary N) is 1. The lowest BCUT2D eigenvalue weighted by Crippen LogP contribution is -2.44. The minimum atomic E-state index is -0.0943. The standard InChI is InChI=1S/C13H25N3O2/c1-3-7-15-11(17)9-16(2)12(18)8-13(10-14)5-4-6-13/h3-10,14H2,1-2H3,(H,15,17). The number of nitrogens with zero attached hydrogens (tertiary/aromatic N) is 1. The Kier molecular flexibility index (Phi) is 5.59. The van der Waals surface area contributed by atoms with Gasteiger partial charge in [-0.25, -0.2) is 0 Å². The van der Waals surface area contributed by atoms with Crippen LogP contribution in [0.2, 0.25) is 0 Å². The summed E-state index contributed by atoms with van der Waals surface area (Å²) in [4.78, 5) is 25.0. The maximum absolute atomic E-state index is 12.0. The number of rotatable bonds is 7. The first-order valence-electron chi connectivity index (χ1n) is 6.74. The number of nitrogens with one attached hydrogen (secondary N) is 1. The molecular weight excluding hydrogens is 230 g/mol. The molecule has 0 aromatic rings. The van der Waals surface area contributed by atoms with Crippen LogP contribution in [0.4, 0.5) is 0 Å². The van der Waals surface area contributed by atoms with E-state index in [0.29, 0.717) is 19.5 Å². The molecule has 0 heterocycles. The van der Waals surface area contributed by atoms with Gasteiger partial charge < -0.3 is 16.0 Å². The second kappa shape index (κ2) is 6.73. The molecule has 0 spiro atoms. The molecule has 2 amide bonds. The first-order valence-corrected chi connectivity index (χ1v) is 6.74. The summed E-state index contributed by atoms with van der Waals surface area (Å²) in [5, 5.41) is 2.77. The molecule has 5 heteroatoms. The fourth-order valence-corrected chi connectivity index (χ4v) is 2.21. The Balaban J connectivity index is 2.34. The molecule has 18 heavy (non-hydrogen) atoms. The van der Waals surface area contributed by atoms with Crippen molar-refractivity contribution >= 4 is 11.8 Å². The van der Waals surface area contributed by atoms with Gasteiger partial charge in [0.2, 0.25) is 11.8 Å². The predicted octanol–water partition coefficient (Wildman–Crippen LogP) is 0.490. The molecule has 0 aromatic carbocycles. The third-order valence-corrected chi connectivity index (χ3v) is 3.75. The smallest absolute Gasteiger partial charge is 0.239 e. The number of likely N-dealkylation sites (N-methyl/N-ethyl adjacent to an activating group) is 1. The third kappa shape index (κ3) is 3.98. The Morgan fingerprint density at radius 2 is 2.06 bits per heavy atom. The van der Waals surface area contributed by atoms with E-state index in [4.69, 9.17) is 5.73 Å². The zero-order valence-corrected chi connectivity index (χ0v) is 11.5. The summed E-state index contributed by atoms with van der Waals surface area (Å²) in [6, 6.07) is 0. The normalized spacial score (nSPS) is 16.8. The van der Waals surface area contributed by atoms with E-state index in [1.54, 1.807) is 7.05 Å². The van der Waals surface area contributed by atoms with Crippen LogP contribution in [0.5, 0.6) is 0 Å². The topological polar surface area (TPSA) is 75.4 Å². The summed E-state index contributed by atoms with van der Waals surface area (Å²) in [5.41, 5.74) is 5.74. The van der Waals surface area contributed by atoms with Crippen molar-refractivity contribution in [3.63, 3.8) is 0 Å². The fraction of sp³-hybridized carbons (Fsp3) is 0.846. The largest absolute Gasteiger partial charge is 0.355 e. The highest BCUT2D eigenvalue weighted by Gasteiger charge is 2.38. The molecule has 0 unspecified atom stereocenters. The van der Waals surface area contributed by atoms with Crippen LogP contribution in [0.15, 0.2) is 0 Å². The Morgan fingerprint density at radius 1 is 1.39 bits per heavy atom. The molecule has 5 nitrogen and oxygen atoms in total. The van der Waals surface area contributed by atoms with Gasteiger partial charge in [-0.05, 0) is 31.2 Å². The van der Waals surface area contributed by atoms with Crippen molar-refractivity contribution in [3.8, 4) is 0 Å². The van der Waals surface area contributed by atoms with Crippen LogP contribution in [0, 0.1) is 5.41 Å². The number of carbonyl (C=O) groups excluding carboxylic acids is 2. The van der Waals surface area contributed by atoms with Gasteiger partial charge in [0, 0.05) is 20.0 Å². The Hall–Kier alpha value is -1.10. The first kappa shape index (κ1) is 15.0. The second-order valence-corrected chi connectivity index (χ2v) is 5.33. The predicted molar refractivity (Wildman–Crippen MR) is 70.9 cm³/mol. The van der Waals surface area contributed by atoms with Crippen molar-refractivity contribution in [2.24, 2.45) is 11.1 Å². The Bertz CT molecular complexity index is 295. The molecule has 1 rings (SSSR count). The van der Waals surface area contributed by atoms with Crippen LogP contribution in [-0.2, 0) is 9.59 Å². The molecule has 1 saturated carbocycles. The molecular formula is C13H25N3O2. The summed E-state index contributed by atoms with van der Waals surface area (Å²) in [6.45, 7) is 3.36. The van der Waals surface area contributed by atoms with Gasteiger partial charge in [0.05, 0.1) is 6.54 Å². The molecule has 0 saturated heterocycles. The van der Waals surface area contributed by atoms with E-state index in [1.165, 1.54) is 4.90 Å². The van der Waals surface area contributed by atoms with Crippen LogP contribution in [0.1, 0.15) is 39.0 Å². The van der Waals surface area contributed by atoms with E-state index in [0.717, 1.165) is 25.7 Å². The van der Waals surface area contributed by atoms with E-state index in [9.17, 15) is 9.59 Å². The summed E-state index contributed by atoms with van der Waals surface area (Å²) >= 11 is 0. The molecule has 0 aliphatic heterocycles. The lowest BCUT2D eigenvalue weighted by molar-refractivity contribution is -0.137. The van der Waals surface area contributed by atoms with Crippen LogP contribution < -0.4 is 11.1 Å². The lowest BCUT2D eigenvalue weighted by atomic mass is 9.66. The van der Waals surface area contributed by atoms with Crippen molar-refractivity contribution in [2.75, 3.05) is 26.7 Å². The van der Waals surface area contributed by atoms with Crippen molar-refractivity contribution in [1.82, 2.24) is 10.2 Å². The van der Waals surface area contributed by atoms with Gasteiger partial charge >= 0.3 is 0 Å². The molecule has 0 atom stereocenters. The minimum Gasteiger partial charge on any atom is -0.355 e. The van der Waals surface area contributed by atoms with Crippen molar-refractivity contribution in [3.05, 3.63) is 0 Å². The van der Waals surface area contributed by atoms with Crippen LogP contribution in [0.3, 0.4) is 0 Å². The monoisotopic (exact) mass is 255 g/mol. The quantitative estimate of drug-likeness (QED) is 0.695. The van der Waals surface area contributed by atoms with E-state index in [1.807, 2.05) is 6.92 Å². The zero-order valence-electron chi connectivity index (χ0n) is 11.5. The average Bonchev–Trinajstić information content (AvgIpc) is 2.30. The maximum Gasteiger partial charge on any atom is 0.239 e. The lowest BCUT2D eigenvalue weighted by Gasteiger charge is -2.41. The SMILES string of the molecule is CCCNC(=O)CN(C)C(=O)CC1(CN)CCC1. The van der Waals surface area contributed by atoms with Crippen molar-refractivity contribution in [2.45, 2.75) is 39.0 Å². The highest BCUT2D eigenvalue weighted by molar-refractivity contribution is 5.84. The van der Waals surface area contributed by atoms with Gasteiger partial charge in [0.15, 0.2) is 0 Å². The summed E-state index contributed by atoms with van der Waals surface area (Å²) in [7, 11) is 1.68. The average molecular weight is 255 g/mol. The van der Waals surface area contributed by atoms with Crippen LogP contribution in [-0.4, -0.2) is 43.4 Å². The van der Waals surface area contributed by atoms with Crippen molar-refractivity contribution < 1.29 is 9.59 Å². The summed E-state index contributed by atoms with van der Waals surface area (Å²) in [5.74, 6) is -0.0742. The third-order valence-electron chi connectivity index (χ3n) is 3.75. The molecule has 1 aliphatic rings. The highest BCUT2D eigenvalue weighted by atomic mass is 16.2. The van der Waals surface area contributed by atoms with E-state index in [2.05, 4.69) is 5.32 Å². The Labute approximate surface area is 109 Å². The molecule has 104 valence electrons. The molecule has 0 radical (unpaired) electrons. The molecule has 1 aliphatic carbocycles. The summed E-state index contributed by atoms with van der Waals surface area (Å²) < 4.78 is 0. The van der Waals surface area contributed by atoms with Gasteiger partial charge in [-0.1, -0.05) is 13.3 Å². The maximum atomic E-state index is 12.0. The Morgan fingerprint density at radius 3 is 2.50 bits per heavy atom. The highest BCUT2D eigenvalue weighted by Crippen LogP contribution is 2.43. The van der Waals surface area contributed by atoms with Gasteiger partial charge in [-0.3, -0.25) is 9.59 Å². The first-order chi connectivity index (χ1) is 8.53. The number of carbonyl (C=O) groups is 2. The molecule has 1 fully saturated rings. The van der Waals surface area contributed by atoms with Crippen LogP contribution >= 0.6 is 0 Å². The summed E-state index contributed by atoms with van der Waals surface area (Å²) in [6.07, 6.45) is 4.60. The van der Waals surface area contributed by atoms with E-state index >= 15 is 0 Å². The number of hydrogen-bond acceptors (Lipinski definition) is 3. The van der Waals surface area contributed by atoms with E-state index < -0.39 is 0 Å². The molecule has 0 bridgehead atoms. The van der Waals surface area contributed by atoms with Gasteiger partial charge in [-0.15, -0.1) is 0 Å². The van der Waals surface area contributed by atoms with Crippen LogP contribution in [0.25, 0.3) is 0 Å². The minimum absolute atomic E-state index is 0.00520. The van der Waals surface area contributed by atoms with Crippen molar-refractivity contribution in [1.29, 1.82) is 0 Å². The van der Waals surface area contributed by atoms with Gasteiger partial charge in [-0.2, -0.15) is 0 Å². The van der Waals surface area contributed by atoms with Gasteiger partial charge in [0.25, 0.3) is 0 Å². The number of hydrogen-bond donors (Lipinski definition) is 2. The molecule has 3 N–H and O–H groups in total. The van der Waals surface area contributed by atoms with Gasteiger partial charge in [0.1, 0.15) is 0 Å². The number of amides is 2. The molecule has 0 aromatic heterocycles. The zero-order chi connectivity index (χ0) is 13.6.